The maximum absolute atomic E-state index is 14.4. The minimum absolute atomic E-state index is 0.0521. The summed E-state index contributed by atoms with van der Waals surface area (Å²) in [5, 5.41) is 9.34. The Balaban J connectivity index is 1.70. The normalized spacial score (nSPS) is 46.5. The molecule has 0 radical (unpaired) electrons. The third-order valence-electron chi connectivity index (χ3n) is 8.52. The van der Waals surface area contributed by atoms with Crippen LogP contribution in [0.25, 0.3) is 0 Å². The Bertz CT molecular complexity index is 690. The molecule has 0 aromatic rings. The van der Waals surface area contributed by atoms with E-state index in [1.807, 2.05) is 0 Å². The number of hydrogen-bond donors (Lipinski definition) is 1. The molecular weight excluding hydrogens is 327 g/mol. The van der Waals surface area contributed by atoms with Gasteiger partial charge in [0, 0.05) is 5.92 Å². The first kappa shape index (κ1) is 18.3. The van der Waals surface area contributed by atoms with Crippen molar-refractivity contribution in [1.29, 1.82) is 0 Å². The molecule has 2 nitrogen and oxygen atoms in total. The Morgan fingerprint density at radius 3 is 2.69 bits per heavy atom. The number of aliphatic hydroxyl groups is 1. The number of hydrogen-bond acceptors (Lipinski definition) is 2. The minimum atomic E-state index is -0.435. The third kappa shape index (κ3) is 2.38. The highest BCUT2D eigenvalue weighted by Crippen LogP contribution is 2.66. The summed E-state index contributed by atoms with van der Waals surface area (Å²) in [5.41, 5.74) is 2.55. The smallest absolute Gasteiger partial charge is 0.125 e. The zero-order valence-corrected chi connectivity index (χ0v) is 16.6. The average molecular weight is 361 g/mol. The fourth-order valence-corrected chi connectivity index (χ4v) is 7.26. The zero-order valence-electron chi connectivity index (χ0n) is 16.6. The van der Waals surface area contributed by atoms with Crippen molar-refractivity contribution < 1.29 is 14.2 Å². The molecule has 0 spiro atoms. The molecule has 2 saturated carbocycles. The molecule has 0 heterocycles. The number of methoxy groups -OCH3 is 1. The highest BCUT2D eigenvalue weighted by atomic mass is 19.1. The van der Waals surface area contributed by atoms with Gasteiger partial charge >= 0.3 is 0 Å². The molecule has 2 fully saturated rings. The number of allylic oxidation sites excluding steroid dienone is 5. The molecule has 1 N–H and O–H groups in total. The van der Waals surface area contributed by atoms with Gasteiger partial charge in [-0.1, -0.05) is 26.8 Å². The van der Waals surface area contributed by atoms with Crippen LogP contribution in [0.5, 0.6) is 0 Å². The van der Waals surface area contributed by atoms with E-state index in [4.69, 9.17) is 4.74 Å². The molecule has 3 heteroatoms. The van der Waals surface area contributed by atoms with Gasteiger partial charge in [0.1, 0.15) is 5.83 Å². The summed E-state index contributed by atoms with van der Waals surface area (Å²) in [6, 6.07) is 0. The van der Waals surface area contributed by atoms with Crippen LogP contribution in [0.15, 0.2) is 34.9 Å². The molecule has 4 aliphatic carbocycles. The standard InChI is InChI=1S/C23H33FO2/c1-14-12-23(3)15(11-21(14)26-4)5-6-16-17-7-8-19(20(24)13-25)22(17,2)10-9-18(16)23/h5,11,14,16-18,25H,6-10,12-13H2,1-4H3/b20-19+/t14-,16?,17?,18?,22?,23?/m1/s1. The van der Waals surface area contributed by atoms with Gasteiger partial charge in [0.2, 0.25) is 0 Å². The summed E-state index contributed by atoms with van der Waals surface area (Å²) >= 11 is 0. The van der Waals surface area contributed by atoms with E-state index in [0.717, 1.165) is 49.9 Å². The highest BCUT2D eigenvalue weighted by Gasteiger charge is 2.57. The Kier molecular flexibility index (Phi) is 4.38. The van der Waals surface area contributed by atoms with Crippen molar-refractivity contribution in [2.24, 2.45) is 34.5 Å². The number of aliphatic hydroxyl groups excluding tert-OH is 1. The largest absolute Gasteiger partial charge is 0.501 e. The maximum atomic E-state index is 14.4. The van der Waals surface area contributed by atoms with Crippen LogP contribution in [0.2, 0.25) is 0 Å². The zero-order chi connectivity index (χ0) is 18.7. The van der Waals surface area contributed by atoms with Gasteiger partial charge in [0.05, 0.1) is 19.5 Å². The van der Waals surface area contributed by atoms with E-state index in [9.17, 15) is 9.50 Å². The van der Waals surface area contributed by atoms with Crippen molar-refractivity contribution >= 4 is 0 Å². The van der Waals surface area contributed by atoms with Gasteiger partial charge in [-0.2, -0.15) is 0 Å². The van der Waals surface area contributed by atoms with Gasteiger partial charge < -0.3 is 9.84 Å². The first-order chi connectivity index (χ1) is 12.3. The Hall–Kier alpha value is -1.09. The Morgan fingerprint density at radius 1 is 1.27 bits per heavy atom. The lowest BCUT2D eigenvalue weighted by molar-refractivity contribution is -0.0150. The van der Waals surface area contributed by atoms with E-state index in [0.29, 0.717) is 23.7 Å². The molecule has 4 aliphatic rings. The summed E-state index contributed by atoms with van der Waals surface area (Å²) in [5.74, 6) is 3.17. The Morgan fingerprint density at radius 2 is 2.00 bits per heavy atom. The van der Waals surface area contributed by atoms with E-state index in [1.165, 1.54) is 5.57 Å². The van der Waals surface area contributed by atoms with Gasteiger partial charge in [-0.05, 0) is 84.3 Å². The predicted octanol–water partition coefficient (Wildman–Crippen LogP) is 5.55. The molecular formula is C23H33FO2. The molecule has 144 valence electrons. The third-order valence-corrected chi connectivity index (χ3v) is 8.52. The molecule has 5 unspecified atom stereocenters. The predicted molar refractivity (Wildman–Crippen MR) is 102 cm³/mol. The molecule has 4 rings (SSSR count). The lowest BCUT2D eigenvalue weighted by Crippen LogP contribution is -2.49. The van der Waals surface area contributed by atoms with Crippen LogP contribution in [0.4, 0.5) is 4.39 Å². The Labute approximate surface area is 157 Å². The van der Waals surface area contributed by atoms with Crippen molar-refractivity contribution in [2.75, 3.05) is 13.7 Å². The second-order valence-electron chi connectivity index (χ2n) is 9.58. The van der Waals surface area contributed by atoms with E-state index in [2.05, 4.69) is 32.9 Å². The number of fused-ring (bicyclic) bond motifs is 5. The highest BCUT2D eigenvalue weighted by molar-refractivity contribution is 5.38. The lowest BCUT2D eigenvalue weighted by atomic mass is 9.48. The second kappa shape index (κ2) is 6.22. The fourth-order valence-electron chi connectivity index (χ4n) is 7.26. The SMILES string of the molecule is COC1=CC2=CCC3C(CCC4(C)/C(=C(/F)CO)CCC34)C2(C)C[C@H]1C. The summed E-state index contributed by atoms with van der Waals surface area (Å²) in [6.45, 7) is 6.56. The van der Waals surface area contributed by atoms with Crippen molar-refractivity contribution in [1.82, 2.24) is 0 Å². The average Bonchev–Trinajstić information content (AvgIpc) is 2.97. The molecule has 6 atom stereocenters. The molecule has 0 saturated heterocycles. The summed E-state index contributed by atoms with van der Waals surface area (Å²) in [6.07, 6.45) is 11.1. The van der Waals surface area contributed by atoms with Crippen molar-refractivity contribution in [3.05, 3.63) is 34.9 Å². The van der Waals surface area contributed by atoms with Crippen LogP contribution in [-0.2, 0) is 4.74 Å². The van der Waals surface area contributed by atoms with Gasteiger partial charge in [-0.3, -0.25) is 0 Å². The van der Waals surface area contributed by atoms with Crippen molar-refractivity contribution in [3.8, 4) is 0 Å². The number of rotatable bonds is 2. The van der Waals surface area contributed by atoms with Gasteiger partial charge in [0.15, 0.2) is 0 Å². The number of ether oxygens (including phenoxy) is 1. The quantitative estimate of drug-likeness (QED) is 0.699. The topological polar surface area (TPSA) is 29.5 Å². The van der Waals surface area contributed by atoms with E-state index in [1.54, 1.807) is 7.11 Å². The monoisotopic (exact) mass is 360 g/mol. The molecule has 0 amide bonds. The summed E-state index contributed by atoms with van der Waals surface area (Å²) in [7, 11) is 1.78. The van der Waals surface area contributed by atoms with Crippen LogP contribution in [0.3, 0.4) is 0 Å². The minimum Gasteiger partial charge on any atom is -0.501 e. The summed E-state index contributed by atoms with van der Waals surface area (Å²) < 4.78 is 20.0. The molecule has 26 heavy (non-hydrogen) atoms. The second-order valence-corrected chi connectivity index (χ2v) is 9.58. The molecule has 0 aliphatic heterocycles. The van der Waals surface area contributed by atoms with Crippen molar-refractivity contribution in [3.63, 3.8) is 0 Å². The van der Waals surface area contributed by atoms with E-state index >= 15 is 0 Å². The number of halogens is 1. The molecule has 0 aromatic carbocycles. The van der Waals surface area contributed by atoms with Crippen LogP contribution < -0.4 is 0 Å². The van der Waals surface area contributed by atoms with Gasteiger partial charge in [0.25, 0.3) is 0 Å². The maximum Gasteiger partial charge on any atom is 0.125 e. The lowest BCUT2D eigenvalue weighted by Gasteiger charge is -2.57. The van der Waals surface area contributed by atoms with E-state index < -0.39 is 6.61 Å². The van der Waals surface area contributed by atoms with Crippen LogP contribution in [0, 0.1) is 34.5 Å². The molecule has 0 bridgehead atoms. The van der Waals surface area contributed by atoms with Gasteiger partial charge in [-0.25, -0.2) is 4.39 Å². The summed E-state index contributed by atoms with van der Waals surface area (Å²) in [4.78, 5) is 0. The first-order valence-electron chi connectivity index (χ1n) is 10.3. The van der Waals surface area contributed by atoms with Gasteiger partial charge in [-0.15, -0.1) is 0 Å². The fraction of sp³-hybridized carbons (Fsp3) is 0.739. The molecule has 0 aromatic heterocycles. The van der Waals surface area contributed by atoms with Crippen LogP contribution in [-0.4, -0.2) is 18.8 Å². The first-order valence-corrected chi connectivity index (χ1v) is 10.3. The van der Waals surface area contributed by atoms with Crippen molar-refractivity contribution in [2.45, 2.75) is 59.3 Å². The van der Waals surface area contributed by atoms with Crippen LogP contribution >= 0.6 is 0 Å². The van der Waals surface area contributed by atoms with Crippen LogP contribution in [0.1, 0.15) is 59.3 Å². The van der Waals surface area contributed by atoms with E-state index in [-0.39, 0.29) is 16.7 Å².